The van der Waals surface area contributed by atoms with E-state index in [1.165, 1.54) is 24.3 Å². The van der Waals surface area contributed by atoms with Crippen molar-refractivity contribution in [2.45, 2.75) is 25.7 Å². The number of anilines is 2. The van der Waals surface area contributed by atoms with E-state index in [4.69, 9.17) is 0 Å². The lowest BCUT2D eigenvalue weighted by Gasteiger charge is -2.24. The summed E-state index contributed by atoms with van der Waals surface area (Å²) in [6, 6.07) is 10.9. The van der Waals surface area contributed by atoms with Crippen LogP contribution in [0.1, 0.15) is 29.8 Å². The summed E-state index contributed by atoms with van der Waals surface area (Å²) in [7, 11) is -3.81. The van der Waals surface area contributed by atoms with E-state index in [-0.39, 0.29) is 16.1 Å². The SMILES string of the molecule is CCN(CC)c1ccc(C(=O)O)cc1NS(=O)(=O)c1ccc(C)cc1. The quantitative estimate of drug-likeness (QED) is 0.789. The number of benzene rings is 2. The average Bonchev–Trinajstić information content (AvgIpc) is 2.57. The first-order valence-corrected chi connectivity index (χ1v) is 9.48. The molecule has 2 aromatic rings. The van der Waals surface area contributed by atoms with E-state index in [0.717, 1.165) is 5.56 Å². The smallest absolute Gasteiger partial charge is 0.335 e. The van der Waals surface area contributed by atoms with Gasteiger partial charge in [-0.3, -0.25) is 4.72 Å². The third kappa shape index (κ3) is 4.30. The van der Waals surface area contributed by atoms with E-state index in [2.05, 4.69) is 4.72 Å². The predicted molar refractivity (Wildman–Crippen MR) is 98.9 cm³/mol. The van der Waals surface area contributed by atoms with Gasteiger partial charge >= 0.3 is 5.97 Å². The number of nitrogens with zero attached hydrogens (tertiary/aromatic N) is 1. The maximum absolute atomic E-state index is 12.7. The van der Waals surface area contributed by atoms with E-state index < -0.39 is 16.0 Å². The molecule has 0 unspecified atom stereocenters. The lowest BCUT2D eigenvalue weighted by Crippen LogP contribution is -2.24. The first-order valence-electron chi connectivity index (χ1n) is 8.00. The zero-order valence-electron chi connectivity index (χ0n) is 14.5. The van der Waals surface area contributed by atoms with Crippen LogP contribution >= 0.6 is 0 Å². The molecule has 0 bridgehead atoms. The van der Waals surface area contributed by atoms with Crippen molar-refractivity contribution in [3.8, 4) is 0 Å². The van der Waals surface area contributed by atoms with Crippen molar-refractivity contribution < 1.29 is 18.3 Å². The van der Waals surface area contributed by atoms with Crippen molar-refractivity contribution in [1.29, 1.82) is 0 Å². The maximum atomic E-state index is 12.7. The van der Waals surface area contributed by atoms with Crippen molar-refractivity contribution in [2.24, 2.45) is 0 Å². The highest BCUT2D eigenvalue weighted by molar-refractivity contribution is 7.92. The van der Waals surface area contributed by atoms with Crippen LogP contribution in [0.3, 0.4) is 0 Å². The highest BCUT2D eigenvalue weighted by Gasteiger charge is 2.19. The minimum absolute atomic E-state index is 0.0255. The van der Waals surface area contributed by atoms with Crippen molar-refractivity contribution >= 4 is 27.4 Å². The molecule has 7 heteroatoms. The molecule has 134 valence electrons. The van der Waals surface area contributed by atoms with Gasteiger partial charge in [-0.2, -0.15) is 0 Å². The lowest BCUT2D eigenvalue weighted by atomic mass is 10.1. The van der Waals surface area contributed by atoms with Crippen LogP contribution in [0.5, 0.6) is 0 Å². The number of hydrogen-bond acceptors (Lipinski definition) is 4. The zero-order chi connectivity index (χ0) is 18.6. The van der Waals surface area contributed by atoms with Gasteiger partial charge in [0.15, 0.2) is 0 Å². The molecule has 6 nitrogen and oxygen atoms in total. The summed E-state index contributed by atoms with van der Waals surface area (Å²) in [5.41, 5.74) is 1.88. The molecule has 2 aromatic carbocycles. The van der Waals surface area contributed by atoms with Gasteiger partial charge < -0.3 is 10.0 Å². The molecule has 0 aromatic heterocycles. The number of hydrogen-bond donors (Lipinski definition) is 2. The Morgan fingerprint density at radius 3 is 2.20 bits per heavy atom. The van der Waals surface area contributed by atoms with Crippen LogP contribution in [0, 0.1) is 6.92 Å². The molecule has 0 radical (unpaired) electrons. The Hall–Kier alpha value is -2.54. The molecule has 25 heavy (non-hydrogen) atoms. The van der Waals surface area contributed by atoms with Crippen LogP contribution in [0.4, 0.5) is 11.4 Å². The maximum Gasteiger partial charge on any atom is 0.335 e. The average molecular weight is 362 g/mol. The molecule has 0 amide bonds. The first kappa shape index (κ1) is 18.8. The van der Waals surface area contributed by atoms with Gasteiger partial charge in [0.05, 0.1) is 21.8 Å². The van der Waals surface area contributed by atoms with Crippen LogP contribution < -0.4 is 9.62 Å². The minimum Gasteiger partial charge on any atom is -0.478 e. The fraction of sp³-hybridized carbons (Fsp3) is 0.278. The van der Waals surface area contributed by atoms with Crippen LogP contribution in [0.25, 0.3) is 0 Å². The van der Waals surface area contributed by atoms with Crippen LogP contribution in [0.15, 0.2) is 47.4 Å². The molecule has 0 fully saturated rings. The second kappa shape index (κ2) is 7.57. The van der Waals surface area contributed by atoms with E-state index in [0.29, 0.717) is 18.8 Å². The summed E-state index contributed by atoms with van der Waals surface area (Å²) in [6.45, 7) is 7.11. The number of rotatable bonds is 7. The molecular weight excluding hydrogens is 340 g/mol. The van der Waals surface area contributed by atoms with Gasteiger partial charge in [-0.05, 0) is 51.1 Å². The Balaban J connectivity index is 2.49. The Kier molecular flexibility index (Phi) is 5.69. The summed E-state index contributed by atoms with van der Waals surface area (Å²) in [4.78, 5) is 13.3. The normalized spacial score (nSPS) is 11.2. The van der Waals surface area contributed by atoms with Crippen molar-refractivity contribution in [3.63, 3.8) is 0 Å². The summed E-state index contributed by atoms with van der Waals surface area (Å²) < 4.78 is 27.9. The third-order valence-electron chi connectivity index (χ3n) is 3.92. The third-order valence-corrected chi connectivity index (χ3v) is 5.30. The van der Waals surface area contributed by atoms with Crippen molar-refractivity contribution in [2.75, 3.05) is 22.7 Å². The van der Waals surface area contributed by atoms with E-state index in [1.807, 2.05) is 25.7 Å². The summed E-state index contributed by atoms with van der Waals surface area (Å²) in [6.07, 6.45) is 0. The molecule has 2 rings (SSSR count). The van der Waals surface area contributed by atoms with Gasteiger partial charge in [-0.25, -0.2) is 13.2 Å². The Morgan fingerprint density at radius 2 is 1.68 bits per heavy atom. The van der Waals surface area contributed by atoms with E-state index in [9.17, 15) is 18.3 Å². The number of carbonyl (C=O) groups is 1. The zero-order valence-corrected chi connectivity index (χ0v) is 15.3. The number of aryl methyl sites for hydroxylation is 1. The van der Waals surface area contributed by atoms with Crippen molar-refractivity contribution in [1.82, 2.24) is 0 Å². The van der Waals surface area contributed by atoms with Gasteiger partial charge in [0.2, 0.25) is 0 Å². The number of carboxylic acid groups (broad SMARTS) is 1. The Labute approximate surface area is 148 Å². The van der Waals surface area contributed by atoms with Crippen LogP contribution in [-0.4, -0.2) is 32.6 Å². The van der Waals surface area contributed by atoms with Gasteiger partial charge in [0, 0.05) is 13.1 Å². The molecule has 0 atom stereocenters. The number of carboxylic acids is 1. The topological polar surface area (TPSA) is 86.7 Å². The summed E-state index contributed by atoms with van der Waals surface area (Å²) in [5, 5.41) is 9.21. The second-order valence-corrected chi connectivity index (χ2v) is 7.31. The Bertz CT molecular complexity index is 857. The molecule has 0 aliphatic carbocycles. The summed E-state index contributed by atoms with van der Waals surface area (Å²) in [5.74, 6) is -1.11. The van der Waals surface area contributed by atoms with Gasteiger partial charge in [-0.15, -0.1) is 0 Å². The number of aromatic carboxylic acids is 1. The van der Waals surface area contributed by atoms with Gasteiger partial charge in [0.1, 0.15) is 0 Å². The monoisotopic (exact) mass is 362 g/mol. The molecule has 2 N–H and O–H groups in total. The van der Waals surface area contributed by atoms with Gasteiger partial charge in [0.25, 0.3) is 10.0 Å². The number of nitrogens with one attached hydrogen (secondary N) is 1. The fourth-order valence-corrected chi connectivity index (χ4v) is 3.58. The molecule has 0 heterocycles. The fourth-order valence-electron chi connectivity index (χ4n) is 2.51. The first-order chi connectivity index (χ1) is 11.8. The lowest BCUT2D eigenvalue weighted by molar-refractivity contribution is 0.0697. The molecule has 0 aliphatic rings. The predicted octanol–water partition coefficient (Wildman–Crippen LogP) is 3.34. The highest BCUT2D eigenvalue weighted by atomic mass is 32.2. The molecule has 0 saturated carbocycles. The molecule has 0 saturated heterocycles. The summed E-state index contributed by atoms with van der Waals surface area (Å²) >= 11 is 0. The standard InChI is InChI=1S/C18H22N2O4S/c1-4-20(5-2)17-11-8-14(18(21)22)12-16(17)19-25(23,24)15-9-6-13(3)7-10-15/h6-12,19H,4-5H2,1-3H3,(H,21,22). The molecular formula is C18H22N2O4S. The van der Waals surface area contributed by atoms with Gasteiger partial charge in [-0.1, -0.05) is 17.7 Å². The molecule has 0 spiro atoms. The minimum atomic E-state index is -3.81. The molecule has 0 aliphatic heterocycles. The second-order valence-electron chi connectivity index (χ2n) is 5.63. The van der Waals surface area contributed by atoms with Crippen LogP contribution in [0.2, 0.25) is 0 Å². The van der Waals surface area contributed by atoms with E-state index >= 15 is 0 Å². The van der Waals surface area contributed by atoms with Crippen molar-refractivity contribution in [3.05, 3.63) is 53.6 Å². The van der Waals surface area contributed by atoms with E-state index in [1.54, 1.807) is 18.2 Å². The van der Waals surface area contributed by atoms with Crippen LogP contribution in [-0.2, 0) is 10.0 Å². The Morgan fingerprint density at radius 1 is 1.08 bits per heavy atom. The number of sulfonamides is 1. The largest absolute Gasteiger partial charge is 0.478 e. The highest BCUT2D eigenvalue weighted by Crippen LogP contribution is 2.29.